The molecule has 2 aromatic rings. The summed E-state index contributed by atoms with van der Waals surface area (Å²) in [5.41, 5.74) is 7.61. The standard InChI is InChI=1S/C14H21N3O2/c1-9(15)5-4-6-14-16-10-7-12(18-2)13(19-3)8-11(10)17-14/h7-9H,4-6,15H2,1-3H3,(H,16,17). The topological polar surface area (TPSA) is 73.2 Å². The monoisotopic (exact) mass is 263 g/mol. The highest BCUT2D eigenvalue weighted by Crippen LogP contribution is 2.31. The highest BCUT2D eigenvalue weighted by Gasteiger charge is 2.09. The number of aromatic nitrogens is 2. The van der Waals surface area contributed by atoms with Gasteiger partial charge in [-0.25, -0.2) is 4.98 Å². The molecule has 0 bridgehead atoms. The summed E-state index contributed by atoms with van der Waals surface area (Å²) in [7, 11) is 3.25. The summed E-state index contributed by atoms with van der Waals surface area (Å²) in [6.07, 6.45) is 2.94. The quantitative estimate of drug-likeness (QED) is 0.838. The van der Waals surface area contributed by atoms with Crippen LogP contribution in [0, 0.1) is 0 Å². The SMILES string of the molecule is COc1cc2nc(CCCC(C)N)[nH]c2cc1OC. The van der Waals surface area contributed by atoms with Crippen LogP contribution in [-0.2, 0) is 6.42 Å². The van der Waals surface area contributed by atoms with Crippen molar-refractivity contribution in [2.24, 2.45) is 5.73 Å². The number of imidazole rings is 1. The molecule has 0 radical (unpaired) electrons. The normalized spacial score (nSPS) is 12.6. The van der Waals surface area contributed by atoms with Gasteiger partial charge in [-0.1, -0.05) is 0 Å². The van der Waals surface area contributed by atoms with Crippen molar-refractivity contribution in [3.05, 3.63) is 18.0 Å². The van der Waals surface area contributed by atoms with Crippen LogP contribution in [-0.4, -0.2) is 30.2 Å². The molecule has 5 nitrogen and oxygen atoms in total. The van der Waals surface area contributed by atoms with Gasteiger partial charge in [0.1, 0.15) is 5.82 Å². The fourth-order valence-electron chi connectivity index (χ4n) is 2.10. The van der Waals surface area contributed by atoms with E-state index in [9.17, 15) is 0 Å². The number of rotatable bonds is 6. The average molecular weight is 263 g/mol. The molecule has 1 atom stereocenters. The van der Waals surface area contributed by atoms with Gasteiger partial charge >= 0.3 is 0 Å². The molecule has 0 aliphatic rings. The lowest BCUT2D eigenvalue weighted by Gasteiger charge is -2.06. The average Bonchev–Trinajstić information content (AvgIpc) is 2.77. The van der Waals surface area contributed by atoms with Gasteiger partial charge in [0.15, 0.2) is 11.5 Å². The van der Waals surface area contributed by atoms with E-state index in [-0.39, 0.29) is 6.04 Å². The number of nitrogens with one attached hydrogen (secondary N) is 1. The molecule has 0 aliphatic carbocycles. The minimum absolute atomic E-state index is 0.240. The minimum Gasteiger partial charge on any atom is -0.493 e. The summed E-state index contributed by atoms with van der Waals surface area (Å²) in [5.74, 6) is 2.38. The van der Waals surface area contributed by atoms with Gasteiger partial charge < -0.3 is 20.2 Å². The molecular weight excluding hydrogens is 242 g/mol. The molecule has 19 heavy (non-hydrogen) atoms. The summed E-state index contributed by atoms with van der Waals surface area (Å²) >= 11 is 0. The number of ether oxygens (including phenoxy) is 2. The third-order valence-corrected chi connectivity index (χ3v) is 3.11. The van der Waals surface area contributed by atoms with E-state index < -0.39 is 0 Å². The Balaban J connectivity index is 2.20. The molecule has 1 unspecified atom stereocenters. The van der Waals surface area contributed by atoms with Crippen LogP contribution in [0.25, 0.3) is 11.0 Å². The van der Waals surface area contributed by atoms with Gasteiger partial charge in [0.05, 0.1) is 25.3 Å². The van der Waals surface area contributed by atoms with Crippen molar-refractivity contribution in [2.75, 3.05) is 14.2 Å². The first-order chi connectivity index (χ1) is 9.13. The van der Waals surface area contributed by atoms with E-state index in [4.69, 9.17) is 15.2 Å². The summed E-state index contributed by atoms with van der Waals surface area (Å²) < 4.78 is 10.5. The molecule has 1 aromatic heterocycles. The summed E-state index contributed by atoms with van der Waals surface area (Å²) in [5, 5.41) is 0. The Labute approximate surface area is 113 Å². The van der Waals surface area contributed by atoms with Gasteiger partial charge in [-0.05, 0) is 19.8 Å². The zero-order chi connectivity index (χ0) is 13.8. The predicted octanol–water partition coefficient (Wildman–Crippen LogP) is 2.25. The fraction of sp³-hybridized carbons (Fsp3) is 0.500. The van der Waals surface area contributed by atoms with Crippen LogP contribution >= 0.6 is 0 Å². The Morgan fingerprint density at radius 1 is 1.26 bits per heavy atom. The van der Waals surface area contributed by atoms with Crippen LogP contribution in [0.1, 0.15) is 25.6 Å². The Kier molecular flexibility index (Phi) is 4.27. The van der Waals surface area contributed by atoms with E-state index >= 15 is 0 Å². The molecule has 1 heterocycles. The van der Waals surface area contributed by atoms with Gasteiger partial charge in [-0.2, -0.15) is 0 Å². The third kappa shape index (κ3) is 3.17. The number of benzene rings is 1. The smallest absolute Gasteiger partial charge is 0.163 e. The van der Waals surface area contributed by atoms with Crippen LogP contribution in [0.3, 0.4) is 0 Å². The van der Waals surface area contributed by atoms with Gasteiger partial charge in [0.25, 0.3) is 0 Å². The van der Waals surface area contributed by atoms with Crippen molar-refractivity contribution >= 4 is 11.0 Å². The molecule has 1 aromatic carbocycles. The van der Waals surface area contributed by atoms with E-state index in [1.165, 1.54) is 0 Å². The highest BCUT2D eigenvalue weighted by atomic mass is 16.5. The van der Waals surface area contributed by atoms with E-state index in [0.29, 0.717) is 11.5 Å². The number of aryl methyl sites for hydroxylation is 1. The van der Waals surface area contributed by atoms with Crippen molar-refractivity contribution in [3.63, 3.8) is 0 Å². The first-order valence-electron chi connectivity index (χ1n) is 6.50. The van der Waals surface area contributed by atoms with E-state index in [0.717, 1.165) is 36.1 Å². The molecular formula is C14H21N3O2. The molecule has 0 fully saturated rings. The molecule has 0 saturated carbocycles. The summed E-state index contributed by atoms with van der Waals surface area (Å²) in [6, 6.07) is 4.04. The number of H-pyrrole nitrogens is 1. The van der Waals surface area contributed by atoms with Crippen LogP contribution in [0.2, 0.25) is 0 Å². The van der Waals surface area contributed by atoms with Gasteiger partial charge in [-0.15, -0.1) is 0 Å². The zero-order valence-corrected chi connectivity index (χ0v) is 11.7. The molecule has 0 amide bonds. The molecule has 3 N–H and O–H groups in total. The van der Waals surface area contributed by atoms with Crippen molar-refractivity contribution in [1.29, 1.82) is 0 Å². The maximum Gasteiger partial charge on any atom is 0.163 e. The van der Waals surface area contributed by atoms with Gasteiger partial charge in [0.2, 0.25) is 0 Å². The van der Waals surface area contributed by atoms with Gasteiger partial charge in [0, 0.05) is 24.6 Å². The highest BCUT2D eigenvalue weighted by molar-refractivity contribution is 5.79. The molecule has 0 saturated heterocycles. The van der Waals surface area contributed by atoms with Crippen LogP contribution in [0.15, 0.2) is 12.1 Å². The van der Waals surface area contributed by atoms with Crippen molar-refractivity contribution in [3.8, 4) is 11.5 Å². The molecule has 0 spiro atoms. The van der Waals surface area contributed by atoms with Crippen LogP contribution < -0.4 is 15.2 Å². The number of methoxy groups -OCH3 is 2. The molecule has 2 rings (SSSR count). The Bertz CT molecular complexity index is 508. The number of nitrogens with two attached hydrogens (primary N) is 1. The molecule has 5 heteroatoms. The predicted molar refractivity (Wildman–Crippen MR) is 75.8 cm³/mol. The van der Waals surface area contributed by atoms with E-state index in [1.807, 2.05) is 19.1 Å². The minimum atomic E-state index is 0.240. The van der Waals surface area contributed by atoms with Crippen LogP contribution in [0.4, 0.5) is 0 Å². The Morgan fingerprint density at radius 3 is 2.58 bits per heavy atom. The Hall–Kier alpha value is -1.75. The van der Waals surface area contributed by atoms with Crippen molar-refractivity contribution < 1.29 is 9.47 Å². The number of nitrogens with zero attached hydrogens (tertiary/aromatic N) is 1. The maximum absolute atomic E-state index is 5.74. The summed E-state index contributed by atoms with van der Waals surface area (Å²) in [4.78, 5) is 7.87. The molecule has 104 valence electrons. The Morgan fingerprint density at radius 2 is 1.95 bits per heavy atom. The largest absolute Gasteiger partial charge is 0.493 e. The number of hydrogen-bond acceptors (Lipinski definition) is 4. The second kappa shape index (κ2) is 5.93. The van der Waals surface area contributed by atoms with Crippen molar-refractivity contribution in [2.45, 2.75) is 32.2 Å². The summed E-state index contributed by atoms with van der Waals surface area (Å²) in [6.45, 7) is 2.02. The van der Waals surface area contributed by atoms with E-state index in [1.54, 1.807) is 14.2 Å². The number of fused-ring (bicyclic) bond motifs is 1. The third-order valence-electron chi connectivity index (χ3n) is 3.11. The molecule has 0 aliphatic heterocycles. The lowest BCUT2D eigenvalue weighted by atomic mass is 10.1. The lowest BCUT2D eigenvalue weighted by Crippen LogP contribution is -2.14. The number of aromatic amines is 1. The first kappa shape index (κ1) is 13.7. The second-order valence-corrected chi connectivity index (χ2v) is 4.78. The maximum atomic E-state index is 5.74. The van der Waals surface area contributed by atoms with E-state index in [2.05, 4.69) is 9.97 Å². The fourth-order valence-corrected chi connectivity index (χ4v) is 2.10. The lowest BCUT2D eigenvalue weighted by molar-refractivity contribution is 0.356. The van der Waals surface area contributed by atoms with Gasteiger partial charge in [-0.3, -0.25) is 0 Å². The zero-order valence-electron chi connectivity index (χ0n) is 11.7. The van der Waals surface area contributed by atoms with Crippen LogP contribution in [0.5, 0.6) is 11.5 Å². The number of hydrogen-bond donors (Lipinski definition) is 2. The second-order valence-electron chi connectivity index (χ2n) is 4.78. The first-order valence-corrected chi connectivity index (χ1v) is 6.50. The van der Waals surface area contributed by atoms with Crippen molar-refractivity contribution in [1.82, 2.24) is 9.97 Å².